The Labute approximate surface area is 105 Å². The first-order valence-electron chi connectivity index (χ1n) is 6.24. The average Bonchev–Trinajstić information content (AvgIpc) is 2.76. The predicted octanol–water partition coefficient (Wildman–Crippen LogP) is 2.46. The van der Waals surface area contributed by atoms with E-state index in [0.717, 1.165) is 29.5 Å². The number of ether oxygens (including phenoxy) is 1. The number of nitrogens with one attached hydrogen (secondary N) is 2. The summed E-state index contributed by atoms with van der Waals surface area (Å²) in [5.41, 5.74) is 1.57. The van der Waals surface area contributed by atoms with Gasteiger partial charge in [0.15, 0.2) is 0 Å². The van der Waals surface area contributed by atoms with Crippen LogP contribution in [0.25, 0.3) is 10.9 Å². The van der Waals surface area contributed by atoms with Crippen LogP contribution in [0.2, 0.25) is 0 Å². The summed E-state index contributed by atoms with van der Waals surface area (Å²) < 4.78 is 5.17. The standard InChI is InChI=1S/C14H16N2O2/c1-18-11-5-6-12-9(7-11)8-13(16-12)14(17)15-10-3-2-4-10/h5-8,10,16H,2-4H2,1H3,(H,15,17). The number of benzene rings is 1. The van der Waals surface area contributed by atoms with Crippen LogP contribution in [-0.2, 0) is 0 Å². The number of rotatable bonds is 3. The van der Waals surface area contributed by atoms with E-state index in [1.54, 1.807) is 7.11 Å². The molecule has 1 aromatic heterocycles. The van der Waals surface area contributed by atoms with Gasteiger partial charge in [0, 0.05) is 16.9 Å². The number of aromatic nitrogens is 1. The predicted molar refractivity (Wildman–Crippen MR) is 70.0 cm³/mol. The molecule has 4 nitrogen and oxygen atoms in total. The van der Waals surface area contributed by atoms with Crippen molar-refractivity contribution in [2.75, 3.05) is 7.11 Å². The summed E-state index contributed by atoms with van der Waals surface area (Å²) in [6.07, 6.45) is 3.41. The zero-order valence-corrected chi connectivity index (χ0v) is 10.3. The Balaban J connectivity index is 1.85. The minimum absolute atomic E-state index is 0.0186. The molecule has 3 rings (SSSR count). The molecule has 1 heterocycles. The molecule has 0 spiro atoms. The molecule has 1 aromatic carbocycles. The largest absolute Gasteiger partial charge is 0.497 e. The highest BCUT2D eigenvalue weighted by molar-refractivity contribution is 5.98. The molecule has 2 N–H and O–H groups in total. The number of fused-ring (bicyclic) bond motifs is 1. The minimum atomic E-state index is -0.0186. The van der Waals surface area contributed by atoms with Crippen LogP contribution in [0.3, 0.4) is 0 Å². The van der Waals surface area contributed by atoms with Crippen molar-refractivity contribution in [3.63, 3.8) is 0 Å². The van der Waals surface area contributed by atoms with Gasteiger partial charge in [-0.25, -0.2) is 0 Å². The first-order valence-corrected chi connectivity index (χ1v) is 6.24. The Bertz CT molecular complexity index is 584. The number of carbonyl (C=O) groups excluding carboxylic acids is 1. The summed E-state index contributed by atoms with van der Waals surface area (Å²) in [7, 11) is 1.64. The van der Waals surface area contributed by atoms with Gasteiger partial charge in [-0.1, -0.05) is 0 Å². The van der Waals surface area contributed by atoms with Gasteiger partial charge in [-0.3, -0.25) is 4.79 Å². The lowest BCUT2D eigenvalue weighted by molar-refractivity contribution is 0.0912. The summed E-state index contributed by atoms with van der Waals surface area (Å²) in [6, 6.07) is 7.96. The van der Waals surface area contributed by atoms with E-state index in [0.29, 0.717) is 11.7 Å². The van der Waals surface area contributed by atoms with Crippen molar-refractivity contribution in [2.45, 2.75) is 25.3 Å². The van der Waals surface area contributed by atoms with Gasteiger partial charge in [0.25, 0.3) is 5.91 Å². The van der Waals surface area contributed by atoms with Crippen LogP contribution in [-0.4, -0.2) is 24.0 Å². The van der Waals surface area contributed by atoms with Crippen molar-refractivity contribution in [1.82, 2.24) is 10.3 Å². The second-order valence-corrected chi connectivity index (χ2v) is 4.74. The fourth-order valence-corrected chi connectivity index (χ4v) is 2.18. The third-order valence-electron chi connectivity index (χ3n) is 3.51. The monoisotopic (exact) mass is 244 g/mol. The molecule has 1 amide bonds. The van der Waals surface area contributed by atoms with Crippen molar-refractivity contribution >= 4 is 16.8 Å². The average molecular weight is 244 g/mol. The molecule has 0 unspecified atom stereocenters. The number of methoxy groups -OCH3 is 1. The third-order valence-corrected chi connectivity index (χ3v) is 3.51. The van der Waals surface area contributed by atoms with Crippen molar-refractivity contribution in [3.05, 3.63) is 30.0 Å². The zero-order chi connectivity index (χ0) is 12.5. The number of aromatic amines is 1. The van der Waals surface area contributed by atoms with E-state index in [1.807, 2.05) is 24.3 Å². The molecule has 0 saturated heterocycles. The SMILES string of the molecule is COc1ccc2[nH]c(C(=O)NC3CCC3)cc2c1. The van der Waals surface area contributed by atoms with Gasteiger partial charge in [0.2, 0.25) is 0 Å². The molecule has 2 aromatic rings. The second-order valence-electron chi connectivity index (χ2n) is 4.74. The third kappa shape index (κ3) is 1.94. The summed E-state index contributed by atoms with van der Waals surface area (Å²) in [4.78, 5) is 15.1. The Kier molecular flexibility index (Phi) is 2.70. The van der Waals surface area contributed by atoms with Crippen molar-refractivity contribution in [1.29, 1.82) is 0 Å². The minimum Gasteiger partial charge on any atom is -0.497 e. The van der Waals surface area contributed by atoms with E-state index in [-0.39, 0.29) is 5.91 Å². The second kappa shape index (κ2) is 4.37. The topological polar surface area (TPSA) is 54.1 Å². The highest BCUT2D eigenvalue weighted by Crippen LogP contribution is 2.22. The van der Waals surface area contributed by atoms with Crippen LogP contribution in [0.15, 0.2) is 24.3 Å². The number of carbonyl (C=O) groups is 1. The Hall–Kier alpha value is -1.97. The summed E-state index contributed by atoms with van der Waals surface area (Å²) >= 11 is 0. The summed E-state index contributed by atoms with van der Waals surface area (Å²) in [5.74, 6) is 0.780. The molecule has 1 saturated carbocycles. The Morgan fingerprint density at radius 2 is 2.22 bits per heavy atom. The van der Waals surface area contributed by atoms with E-state index in [2.05, 4.69) is 10.3 Å². The van der Waals surface area contributed by atoms with Gasteiger partial charge in [-0.05, 0) is 43.5 Å². The molecule has 4 heteroatoms. The van der Waals surface area contributed by atoms with Gasteiger partial charge in [0.05, 0.1) is 7.11 Å². The highest BCUT2D eigenvalue weighted by Gasteiger charge is 2.20. The van der Waals surface area contributed by atoms with Crippen LogP contribution < -0.4 is 10.1 Å². The molecule has 0 atom stereocenters. The van der Waals surface area contributed by atoms with Crippen LogP contribution >= 0.6 is 0 Å². The number of hydrogen-bond donors (Lipinski definition) is 2. The van der Waals surface area contributed by atoms with E-state index >= 15 is 0 Å². The van der Waals surface area contributed by atoms with Gasteiger partial charge in [-0.2, -0.15) is 0 Å². The molecule has 1 aliphatic carbocycles. The zero-order valence-electron chi connectivity index (χ0n) is 10.3. The van der Waals surface area contributed by atoms with Gasteiger partial charge in [-0.15, -0.1) is 0 Å². The molecule has 0 aliphatic heterocycles. The van der Waals surface area contributed by atoms with E-state index < -0.39 is 0 Å². The molecule has 18 heavy (non-hydrogen) atoms. The first-order chi connectivity index (χ1) is 8.76. The number of amides is 1. The van der Waals surface area contributed by atoms with Crippen LogP contribution in [0, 0.1) is 0 Å². The van der Waals surface area contributed by atoms with Crippen LogP contribution in [0.4, 0.5) is 0 Å². The number of hydrogen-bond acceptors (Lipinski definition) is 2. The van der Waals surface area contributed by atoms with Crippen molar-refractivity contribution in [2.24, 2.45) is 0 Å². The Morgan fingerprint density at radius 1 is 1.39 bits per heavy atom. The molecule has 1 aliphatic rings. The molecule has 0 radical (unpaired) electrons. The number of H-pyrrole nitrogens is 1. The maximum absolute atomic E-state index is 12.0. The highest BCUT2D eigenvalue weighted by atomic mass is 16.5. The van der Waals surface area contributed by atoms with Gasteiger partial charge in [0.1, 0.15) is 11.4 Å². The quantitative estimate of drug-likeness (QED) is 0.871. The molecule has 94 valence electrons. The maximum Gasteiger partial charge on any atom is 0.267 e. The van der Waals surface area contributed by atoms with Crippen molar-refractivity contribution in [3.8, 4) is 5.75 Å². The van der Waals surface area contributed by atoms with E-state index in [1.165, 1.54) is 6.42 Å². The van der Waals surface area contributed by atoms with Gasteiger partial charge < -0.3 is 15.0 Å². The normalized spacial score (nSPS) is 15.4. The lowest BCUT2D eigenvalue weighted by Crippen LogP contribution is -2.39. The summed E-state index contributed by atoms with van der Waals surface area (Å²) in [6.45, 7) is 0. The van der Waals surface area contributed by atoms with E-state index in [4.69, 9.17) is 4.74 Å². The fraction of sp³-hybridized carbons (Fsp3) is 0.357. The maximum atomic E-state index is 12.0. The first kappa shape index (κ1) is 11.1. The van der Waals surface area contributed by atoms with Crippen LogP contribution in [0.5, 0.6) is 5.75 Å². The molecule has 0 bridgehead atoms. The van der Waals surface area contributed by atoms with E-state index in [9.17, 15) is 4.79 Å². The lowest BCUT2D eigenvalue weighted by atomic mass is 9.93. The smallest absolute Gasteiger partial charge is 0.267 e. The molecular formula is C14H16N2O2. The Morgan fingerprint density at radius 3 is 2.89 bits per heavy atom. The molecule has 1 fully saturated rings. The molecular weight excluding hydrogens is 228 g/mol. The lowest BCUT2D eigenvalue weighted by Gasteiger charge is -2.25. The van der Waals surface area contributed by atoms with Gasteiger partial charge >= 0.3 is 0 Å². The van der Waals surface area contributed by atoms with Crippen LogP contribution in [0.1, 0.15) is 29.8 Å². The van der Waals surface area contributed by atoms with Crippen molar-refractivity contribution < 1.29 is 9.53 Å². The fourth-order valence-electron chi connectivity index (χ4n) is 2.18. The summed E-state index contributed by atoms with van der Waals surface area (Å²) in [5, 5.41) is 4.01.